The quantitative estimate of drug-likeness (QED) is 0.451. The van der Waals surface area contributed by atoms with E-state index in [1.807, 2.05) is 11.8 Å². The van der Waals surface area contributed by atoms with E-state index >= 15 is 0 Å². The van der Waals surface area contributed by atoms with Gasteiger partial charge >= 0.3 is 12.1 Å². The Hall–Kier alpha value is -3.10. The molecule has 1 fully saturated rings. The molecule has 1 saturated heterocycles. The van der Waals surface area contributed by atoms with Gasteiger partial charge in [0.2, 0.25) is 0 Å². The number of carbonyl (C=O) groups excluding carboxylic acids is 2. The van der Waals surface area contributed by atoms with Crippen molar-refractivity contribution >= 4 is 17.6 Å². The van der Waals surface area contributed by atoms with Gasteiger partial charge in [-0.05, 0) is 57.0 Å². The van der Waals surface area contributed by atoms with Crippen LogP contribution in [0.15, 0.2) is 36.5 Å². The zero-order chi connectivity index (χ0) is 23.3. The van der Waals surface area contributed by atoms with Gasteiger partial charge in [-0.15, -0.1) is 0 Å². The topological polar surface area (TPSA) is 68.7 Å². The van der Waals surface area contributed by atoms with Gasteiger partial charge in [-0.1, -0.05) is 0 Å². The molecule has 172 valence electrons. The van der Waals surface area contributed by atoms with Crippen LogP contribution < -0.4 is 9.64 Å². The molecule has 1 aromatic heterocycles. The Kier molecular flexibility index (Phi) is 7.37. The number of Topliss-reactive ketones (excluding diaryl/α,β-unsaturated/α-hetero) is 1. The predicted octanol–water partition coefficient (Wildman–Crippen LogP) is 4.66. The van der Waals surface area contributed by atoms with E-state index in [1.54, 1.807) is 18.2 Å². The number of rotatable bonds is 7. The SMILES string of the molecule is CCOc1ccc(C(C)=O)cc1COC(=O)C1CCN(c2ccc(C(F)(F)F)cn2)CC1. The lowest BCUT2D eigenvalue weighted by atomic mass is 9.97. The summed E-state index contributed by atoms with van der Waals surface area (Å²) in [5.41, 5.74) is 0.344. The van der Waals surface area contributed by atoms with Crippen molar-refractivity contribution in [2.45, 2.75) is 39.5 Å². The van der Waals surface area contributed by atoms with Crippen molar-refractivity contribution in [2.24, 2.45) is 5.92 Å². The number of piperidine rings is 1. The molecule has 2 heterocycles. The molecule has 0 aliphatic carbocycles. The van der Waals surface area contributed by atoms with Crippen LogP contribution in [0.25, 0.3) is 0 Å². The third kappa shape index (κ3) is 5.77. The molecule has 0 spiro atoms. The third-order valence-electron chi connectivity index (χ3n) is 5.36. The Morgan fingerprint density at radius 3 is 2.44 bits per heavy atom. The molecule has 0 atom stereocenters. The van der Waals surface area contributed by atoms with Crippen LogP contribution in [0, 0.1) is 5.92 Å². The summed E-state index contributed by atoms with van der Waals surface area (Å²) in [4.78, 5) is 30.0. The fourth-order valence-corrected chi connectivity index (χ4v) is 3.56. The summed E-state index contributed by atoms with van der Waals surface area (Å²) in [5, 5.41) is 0. The van der Waals surface area contributed by atoms with Crippen molar-refractivity contribution in [3.05, 3.63) is 53.2 Å². The highest BCUT2D eigenvalue weighted by Gasteiger charge is 2.31. The van der Waals surface area contributed by atoms with Gasteiger partial charge in [0.15, 0.2) is 5.78 Å². The van der Waals surface area contributed by atoms with Crippen LogP contribution in [-0.4, -0.2) is 36.4 Å². The zero-order valence-electron chi connectivity index (χ0n) is 17.9. The van der Waals surface area contributed by atoms with Gasteiger partial charge in [0.05, 0.1) is 18.1 Å². The zero-order valence-corrected chi connectivity index (χ0v) is 17.9. The second kappa shape index (κ2) is 10.0. The number of hydrogen-bond acceptors (Lipinski definition) is 6. The molecule has 1 aromatic carbocycles. The van der Waals surface area contributed by atoms with Gasteiger partial charge in [0.1, 0.15) is 18.2 Å². The van der Waals surface area contributed by atoms with E-state index in [1.165, 1.54) is 13.0 Å². The van der Waals surface area contributed by atoms with Crippen molar-refractivity contribution < 1.29 is 32.2 Å². The average Bonchev–Trinajstić information content (AvgIpc) is 2.78. The van der Waals surface area contributed by atoms with Gasteiger partial charge in [-0.3, -0.25) is 9.59 Å². The number of benzene rings is 1. The van der Waals surface area contributed by atoms with Crippen LogP contribution in [-0.2, 0) is 22.3 Å². The number of ketones is 1. The van der Waals surface area contributed by atoms with Gasteiger partial charge in [0.25, 0.3) is 0 Å². The Morgan fingerprint density at radius 2 is 1.88 bits per heavy atom. The maximum atomic E-state index is 12.7. The maximum Gasteiger partial charge on any atom is 0.417 e. The monoisotopic (exact) mass is 450 g/mol. The number of nitrogens with zero attached hydrogens (tertiary/aromatic N) is 2. The maximum absolute atomic E-state index is 12.7. The van der Waals surface area contributed by atoms with Gasteiger partial charge in [0, 0.05) is 30.4 Å². The summed E-state index contributed by atoms with van der Waals surface area (Å²) in [7, 11) is 0. The molecule has 0 radical (unpaired) electrons. The van der Waals surface area contributed by atoms with Crippen molar-refractivity contribution in [1.29, 1.82) is 0 Å². The van der Waals surface area contributed by atoms with Crippen molar-refractivity contribution in [1.82, 2.24) is 4.98 Å². The van der Waals surface area contributed by atoms with Gasteiger partial charge in [-0.25, -0.2) is 4.98 Å². The Labute approximate surface area is 184 Å². The first-order chi connectivity index (χ1) is 15.2. The summed E-state index contributed by atoms with van der Waals surface area (Å²) >= 11 is 0. The van der Waals surface area contributed by atoms with Crippen molar-refractivity contribution in [3.8, 4) is 5.75 Å². The van der Waals surface area contributed by atoms with Crippen LogP contribution in [0.1, 0.15) is 48.2 Å². The van der Waals surface area contributed by atoms with E-state index < -0.39 is 11.7 Å². The van der Waals surface area contributed by atoms with Crippen molar-refractivity contribution in [3.63, 3.8) is 0 Å². The summed E-state index contributed by atoms with van der Waals surface area (Å²) in [6.45, 7) is 4.72. The first kappa shape index (κ1) is 23.6. The fourth-order valence-electron chi connectivity index (χ4n) is 3.56. The second-order valence-electron chi connectivity index (χ2n) is 7.58. The average molecular weight is 450 g/mol. The van der Waals surface area contributed by atoms with Crippen LogP contribution in [0.4, 0.5) is 19.0 Å². The first-order valence-electron chi connectivity index (χ1n) is 10.4. The standard InChI is InChI=1S/C23H25F3N2O4/c1-3-31-20-6-4-17(15(2)29)12-18(20)14-32-22(30)16-8-10-28(11-9-16)21-7-5-19(13-27-21)23(24,25)26/h4-7,12-13,16H,3,8-11,14H2,1-2H3. The Morgan fingerprint density at radius 1 is 1.16 bits per heavy atom. The molecule has 1 aliphatic heterocycles. The van der Waals surface area contributed by atoms with E-state index in [0.717, 1.165) is 12.3 Å². The highest BCUT2D eigenvalue weighted by atomic mass is 19.4. The number of alkyl halides is 3. The minimum absolute atomic E-state index is 0.00401. The summed E-state index contributed by atoms with van der Waals surface area (Å²) in [6, 6.07) is 7.38. The lowest BCUT2D eigenvalue weighted by molar-refractivity contribution is -0.150. The second-order valence-corrected chi connectivity index (χ2v) is 7.58. The van der Waals surface area contributed by atoms with E-state index in [0.29, 0.717) is 55.2 Å². The van der Waals surface area contributed by atoms with Crippen LogP contribution >= 0.6 is 0 Å². The number of pyridine rings is 1. The molecular weight excluding hydrogens is 425 g/mol. The summed E-state index contributed by atoms with van der Waals surface area (Å²) in [6.07, 6.45) is -2.59. The minimum Gasteiger partial charge on any atom is -0.493 e. The van der Waals surface area contributed by atoms with Gasteiger partial charge in [-0.2, -0.15) is 13.2 Å². The molecule has 2 aromatic rings. The molecule has 3 rings (SSSR count). The number of halogens is 3. The normalized spacial score (nSPS) is 14.8. The van der Waals surface area contributed by atoms with Gasteiger partial charge < -0.3 is 14.4 Å². The molecular formula is C23H25F3N2O4. The molecule has 0 bridgehead atoms. The largest absolute Gasteiger partial charge is 0.493 e. The molecule has 0 N–H and O–H groups in total. The number of ether oxygens (including phenoxy) is 2. The smallest absolute Gasteiger partial charge is 0.417 e. The third-order valence-corrected chi connectivity index (χ3v) is 5.36. The lowest BCUT2D eigenvalue weighted by Gasteiger charge is -2.31. The predicted molar refractivity (Wildman–Crippen MR) is 112 cm³/mol. The van der Waals surface area contributed by atoms with Crippen LogP contribution in [0.3, 0.4) is 0 Å². The molecule has 0 amide bonds. The molecule has 0 saturated carbocycles. The molecule has 0 unspecified atom stereocenters. The summed E-state index contributed by atoms with van der Waals surface area (Å²) in [5.74, 6) is 0.263. The van der Waals surface area contributed by atoms with Crippen molar-refractivity contribution in [2.75, 3.05) is 24.6 Å². The first-order valence-corrected chi connectivity index (χ1v) is 10.4. The Balaban J connectivity index is 1.56. The highest BCUT2D eigenvalue weighted by Crippen LogP contribution is 2.30. The van der Waals surface area contributed by atoms with E-state index in [-0.39, 0.29) is 24.3 Å². The highest BCUT2D eigenvalue weighted by molar-refractivity contribution is 5.94. The molecule has 32 heavy (non-hydrogen) atoms. The van der Waals surface area contributed by atoms with E-state index in [2.05, 4.69) is 4.98 Å². The number of hydrogen-bond donors (Lipinski definition) is 0. The van der Waals surface area contributed by atoms with E-state index in [4.69, 9.17) is 9.47 Å². The Bertz CT molecular complexity index is 953. The molecule has 6 nitrogen and oxygen atoms in total. The fraction of sp³-hybridized carbons (Fsp3) is 0.435. The number of anilines is 1. The molecule has 1 aliphatic rings. The summed E-state index contributed by atoms with van der Waals surface area (Å²) < 4.78 is 49.1. The number of carbonyl (C=O) groups is 2. The van der Waals surface area contributed by atoms with Crippen LogP contribution in [0.2, 0.25) is 0 Å². The lowest BCUT2D eigenvalue weighted by Crippen LogP contribution is -2.37. The number of aromatic nitrogens is 1. The molecule has 9 heteroatoms. The minimum atomic E-state index is -4.42. The van der Waals surface area contributed by atoms with E-state index in [9.17, 15) is 22.8 Å². The van der Waals surface area contributed by atoms with Crippen LogP contribution in [0.5, 0.6) is 5.75 Å². The number of esters is 1.